The summed E-state index contributed by atoms with van der Waals surface area (Å²) in [4.78, 5) is 24.6. The maximum absolute atomic E-state index is 13.6. The van der Waals surface area contributed by atoms with Crippen LogP contribution in [0.5, 0.6) is 0 Å². The quantitative estimate of drug-likeness (QED) is 0.360. The molecule has 34 heavy (non-hydrogen) atoms. The second-order valence-electron chi connectivity index (χ2n) is 9.18. The van der Waals surface area contributed by atoms with Gasteiger partial charge in [-0.3, -0.25) is 14.8 Å². The highest BCUT2D eigenvalue weighted by Gasteiger charge is 2.48. The van der Waals surface area contributed by atoms with Crippen LogP contribution < -0.4 is 10.8 Å². The van der Waals surface area contributed by atoms with Gasteiger partial charge in [0.1, 0.15) is 17.2 Å². The lowest BCUT2D eigenvalue weighted by Gasteiger charge is -2.43. The minimum absolute atomic E-state index is 0.00655. The maximum Gasteiger partial charge on any atom is 0.263 e. The van der Waals surface area contributed by atoms with Gasteiger partial charge in [0.25, 0.3) is 5.91 Å². The average molecular weight is 504 g/mol. The molecule has 3 aromatic rings. The Morgan fingerprint density at radius 1 is 1.09 bits per heavy atom. The molecule has 1 saturated carbocycles. The molecule has 5 rings (SSSR count). The summed E-state index contributed by atoms with van der Waals surface area (Å²) in [6.07, 6.45) is 1.81. The number of hydroxylamine groups is 1. The number of sulfonamides is 1. The molecular formula is C23H25N3O6S2. The monoisotopic (exact) mass is 503 g/mol. The highest BCUT2D eigenvalue weighted by molar-refractivity contribution is 8.01. The first-order chi connectivity index (χ1) is 16.1. The molecular weight excluding hydrogens is 478 g/mol. The highest BCUT2D eigenvalue weighted by atomic mass is 32.2. The van der Waals surface area contributed by atoms with Crippen LogP contribution in [0.15, 0.2) is 45.7 Å². The number of nitrogens with zero attached hydrogens (tertiary/aromatic N) is 1. The molecule has 1 aliphatic carbocycles. The van der Waals surface area contributed by atoms with E-state index in [1.807, 2.05) is 0 Å². The van der Waals surface area contributed by atoms with E-state index in [-0.39, 0.29) is 23.3 Å². The Labute approximate surface area is 200 Å². The van der Waals surface area contributed by atoms with Crippen molar-refractivity contribution in [3.8, 4) is 0 Å². The van der Waals surface area contributed by atoms with Crippen molar-refractivity contribution in [2.75, 3.05) is 17.6 Å². The van der Waals surface area contributed by atoms with Gasteiger partial charge in [-0.05, 0) is 57.0 Å². The summed E-state index contributed by atoms with van der Waals surface area (Å²) >= 11 is 1.48. The Bertz CT molecular complexity index is 1410. The number of fused-ring (bicyclic) bond motifs is 3. The minimum Gasteiger partial charge on any atom is -0.456 e. The third-order valence-corrected chi connectivity index (χ3v) is 9.57. The molecule has 2 aliphatic rings. The summed E-state index contributed by atoms with van der Waals surface area (Å²) in [7, 11) is -4.05. The molecule has 180 valence electrons. The fraction of sp³-hybridized carbons (Fsp3) is 0.391. The van der Waals surface area contributed by atoms with Gasteiger partial charge in [-0.25, -0.2) is 13.9 Å². The van der Waals surface area contributed by atoms with Crippen molar-refractivity contribution >= 4 is 61.2 Å². The van der Waals surface area contributed by atoms with E-state index in [0.717, 1.165) is 22.5 Å². The van der Waals surface area contributed by atoms with Gasteiger partial charge in [-0.1, -0.05) is 0 Å². The summed E-state index contributed by atoms with van der Waals surface area (Å²) in [5.74, 6) is -0.174. The van der Waals surface area contributed by atoms with E-state index in [9.17, 15) is 23.2 Å². The van der Waals surface area contributed by atoms with E-state index in [2.05, 4.69) is 5.32 Å². The number of carbonyl (C=O) groups excluding carboxylic acids is 2. The maximum atomic E-state index is 13.6. The largest absolute Gasteiger partial charge is 0.456 e. The lowest BCUT2D eigenvalue weighted by atomic mass is 10.0. The summed E-state index contributed by atoms with van der Waals surface area (Å²) in [6.45, 7) is 3.71. The molecule has 1 saturated heterocycles. The third-order valence-electron chi connectivity index (χ3n) is 6.36. The Balaban J connectivity index is 1.53. The SMILES string of the molecule is CC1(C)SCCN(S(=O)(=O)c2ccc3oc4cc(NC(=O)C5CC5)ccc4c3c2)C1C(=O)NO. The summed E-state index contributed by atoms with van der Waals surface area (Å²) in [5, 5.41) is 13.5. The number of nitrogens with one attached hydrogen (secondary N) is 2. The van der Waals surface area contributed by atoms with Crippen molar-refractivity contribution in [1.29, 1.82) is 0 Å². The zero-order chi connectivity index (χ0) is 24.3. The fourth-order valence-corrected chi connectivity index (χ4v) is 7.57. The molecule has 1 atom stereocenters. The first kappa shape index (κ1) is 23.2. The molecule has 2 heterocycles. The highest BCUT2D eigenvalue weighted by Crippen LogP contribution is 2.39. The van der Waals surface area contributed by atoms with Gasteiger partial charge < -0.3 is 9.73 Å². The normalized spacial score (nSPS) is 21.0. The van der Waals surface area contributed by atoms with E-state index < -0.39 is 26.7 Å². The first-order valence-electron chi connectivity index (χ1n) is 11.0. The van der Waals surface area contributed by atoms with Crippen molar-refractivity contribution in [3.63, 3.8) is 0 Å². The average Bonchev–Trinajstić information content (AvgIpc) is 3.58. The van der Waals surface area contributed by atoms with Gasteiger partial charge >= 0.3 is 0 Å². The van der Waals surface area contributed by atoms with Crippen LogP contribution in [0.25, 0.3) is 21.9 Å². The number of hydrogen-bond donors (Lipinski definition) is 3. The van der Waals surface area contributed by atoms with Gasteiger partial charge in [0, 0.05) is 45.5 Å². The molecule has 9 nitrogen and oxygen atoms in total. The molecule has 2 amide bonds. The fourth-order valence-electron chi connectivity index (χ4n) is 4.44. The van der Waals surface area contributed by atoms with Crippen molar-refractivity contribution in [2.24, 2.45) is 5.92 Å². The van der Waals surface area contributed by atoms with Gasteiger partial charge in [0.15, 0.2) is 0 Å². The van der Waals surface area contributed by atoms with Gasteiger partial charge in [0.05, 0.1) is 4.90 Å². The molecule has 2 fully saturated rings. The van der Waals surface area contributed by atoms with Crippen LogP contribution in [-0.2, 0) is 19.6 Å². The Hall–Kier alpha value is -2.60. The number of hydrogen-bond acceptors (Lipinski definition) is 7. The third kappa shape index (κ3) is 3.96. The number of thioether (sulfide) groups is 1. The van der Waals surface area contributed by atoms with Crippen molar-refractivity contribution in [2.45, 2.75) is 42.4 Å². The first-order valence-corrected chi connectivity index (χ1v) is 13.4. The molecule has 11 heteroatoms. The molecule has 1 unspecified atom stereocenters. The Kier molecular flexibility index (Phi) is 5.63. The molecule has 0 spiro atoms. The second-order valence-corrected chi connectivity index (χ2v) is 12.8. The van der Waals surface area contributed by atoms with E-state index in [1.165, 1.54) is 17.8 Å². The van der Waals surface area contributed by atoms with Crippen LogP contribution in [0.3, 0.4) is 0 Å². The van der Waals surface area contributed by atoms with Crippen LogP contribution in [0.4, 0.5) is 5.69 Å². The lowest BCUT2D eigenvalue weighted by molar-refractivity contribution is -0.134. The van der Waals surface area contributed by atoms with E-state index >= 15 is 0 Å². The molecule has 1 aliphatic heterocycles. The number of amides is 2. The zero-order valence-corrected chi connectivity index (χ0v) is 20.3. The van der Waals surface area contributed by atoms with E-state index in [0.29, 0.717) is 28.0 Å². The molecule has 0 bridgehead atoms. The smallest absolute Gasteiger partial charge is 0.263 e. The van der Waals surface area contributed by atoms with E-state index in [4.69, 9.17) is 4.42 Å². The Morgan fingerprint density at radius 3 is 2.56 bits per heavy atom. The van der Waals surface area contributed by atoms with Crippen LogP contribution in [0.1, 0.15) is 26.7 Å². The number of anilines is 1. The standard InChI is InChI=1S/C23H25N3O6S2/c1-23(2)20(22(28)25-29)26(9-10-33-23)34(30,31)15-6-8-18-17(12-15)16-7-5-14(11-19(16)32-18)24-21(27)13-3-4-13/h5-8,11-13,20,29H,3-4,9-10H2,1-2H3,(H,24,27)(H,25,28). The van der Waals surface area contributed by atoms with Crippen LogP contribution in [0, 0.1) is 5.92 Å². The van der Waals surface area contributed by atoms with Gasteiger partial charge in [0.2, 0.25) is 15.9 Å². The van der Waals surface area contributed by atoms with Crippen molar-refractivity contribution in [3.05, 3.63) is 36.4 Å². The van der Waals surface area contributed by atoms with E-state index in [1.54, 1.807) is 49.7 Å². The van der Waals surface area contributed by atoms with Crippen molar-refractivity contribution in [1.82, 2.24) is 9.79 Å². The number of furan rings is 1. The predicted molar refractivity (Wildman–Crippen MR) is 129 cm³/mol. The Morgan fingerprint density at radius 2 is 1.85 bits per heavy atom. The summed E-state index contributed by atoms with van der Waals surface area (Å²) < 4.78 is 33.6. The minimum atomic E-state index is -4.05. The predicted octanol–water partition coefficient (Wildman–Crippen LogP) is 3.32. The second kappa shape index (κ2) is 8.26. The number of rotatable bonds is 5. The van der Waals surface area contributed by atoms with Gasteiger partial charge in [-0.15, -0.1) is 0 Å². The van der Waals surface area contributed by atoms with Crippen LogP contribution in [-0.4, -0.2) is 52.8 Å². The van der Waals surface area contributed by atoms with Crippen LogP contribution >= 0.6 is 11.8 Å². The zero-order valence-electron chi connectivity index (χ0n) is 18.7. The number of benzene rings is 2. The number of carbonyl (C=O) groups is 2. The molecule has 3 N–H and O–H groups in total. The lowest BCUT2D eigenvalue weighted by Crippen LogP contribution is -2.61. The molecule has 2 aromatic carbocycles. The summed E-state index contributed by atoms with van der Waals surface area (Å²) in [6, 6.07) is 8.81. The van der Waals surface area contributed by atoms with Crippen LogP contribution in [0.2, 0.25) is 0 Å². The molecule has 0 radical (unpaired) electrons. The van der Waals surface area contributed by atoms with Gasteiger partial charge in [-0.2, -0.15) is 16.1 Å². The summed E-state index contributed by atoms with van der Waals surface area (Å²) in [5.41, 5.74) is 3.29. The van der Waals surface area contributed by atoms with Crippen molar-refractivity contribution < 1.29 is 27.6 Å². The topological polar surface area (TPSA) is 129 Å². The molecule has 1 aromatic heterocycles.